The lowest BCUT2D eigenvalue weighted by Crippen LogP contribution is -2.36. The molecule has 0 aliphatic heterocycles. The number of nitrogens with one attached hydrogen (secondary N) is 1. The first-order valence-electron chi connectivity index (χ1n) is 9.05. The molecule has 0 saturated heterocycles. The van der Waals surface area contributed by atoms with Gasteiger partial charge in [-0.2, -0.15) is 13.2 Å². The second-order valence-corrected chi connectivity index (χ2v) is 6.81. The molecule has 2 aromatic carbocycles. The molecule has 144 valence electrons. The number of fused-ring (bicyclic) bond motifs is 1. The summed E-state index contributed by atoms with van der Waals surface area (Å²) in [6, 6.07) is 10.8. The van der Waals surface area contributed by atoms with Gasteiger partial charge in [0.1, 0.15) is 5.75 Å². The number of benzene rings is 2. The van der Waals surface area contributed by atoms with Gasteiger partial charge in [0.2, 0.25) is 0 Å². The number of hydrogen-bond donors (Lipinski definition) is 1. The van der Waals surface area contributed by atoms with Crippen molar-refractivity contribution in [3.05, 3.63) is 64.7 Å². The summed E-state index contributed by atoms with van der Waals surface area (Å²) in [6.07, 6.45) is -0.698. The summed E-state index contributed by atoms with van der Waals surface area (Å²) in [7, 11) is 0. The summed E-state index contributed by atoms with van der Waals surface area (Å²) in [5, 5.41) is 2.63. The maximum absolute atomic E-state index is 12.7. The second-order valence-electron chi connectivity index (χ2n) is 6.81. The topological polar surface area (TPSA) is 38.3 Å². The smallest absolute Gasteiger partial charge is 0.416 e. The number of hydrogen-bond acceptors (Lipinski definition) is 2. The maximum Gasteiger partial charge on any atom is 0.416 e. The molecule has 0 fully saturated rings. The normalized spacial score (nSPS) is 15.0. The van der Waals surface area contributed by atoms with Crippen molar-refractivity contribution in [1.29, 1.82) is 0 Å². The van der Waals surface area contributed by atoms with Gasteiger partial charge in [-0.15, -0.1) is 0 Å². The summed E-state index contributed by atoms with van der Waals surface area (Å²) in [5.41, 5.74) is 2.25. The second kappa shape index (κ2) is 8.03. The van der Waals surface area contributed by atoms with Gasteiger partial charge < -0.3 is 10.1 Å². The number of ether oxygens (including phenoxy) is 1. The average Bonchev–Trinajstić information content (AvgIpc) is 2.65. The number of carbonyl (C=O) groups excluding carboxylic acids is 1. The van der Waals surface area contributed by atoms with Gasteiger partial charge in [0, 0.05) is 6.54 Å². The monoisotopic (exact) mass is 377 g/mol. The van der Waals surface area contributed by atoms with E-state index in [1.54, 1.807) is 13.0 Å². The SMILES string of the molecule is C[C@@H](Oc1ccc2c(c1)CCCC2)C(=O)NCc1cccc(C(F)(F)F)c1. The summed E-state index contributed by atoms with van der Waals surface area (Å²) >= 11 is 0. The van der Waals surface area contributed by atoms with Crippen LogP contribution in [0.5, 0.6) is 5.75 Å². The minimum Gasteiger partial charge on any atom is -0.481 e. The molecule has 1 atom stereocenters. The summed E-state index contributed by atoms with van der Waals surface area (Å²) < 4.78 is 44.0. The highest BCUT2D eigenvalue weighted by Gasteiger charge is 2.30. The largest absolute Gasteiger partial charge is 0.481 e. The van der Waals surface area contributed by atoms with Crippen LogP contribution in [0.3, 0.4) is 0 Å². The maximum atomic E-state index is 12.7. The van der Waals surface area contributed by atoms with Crippen LogP contribution < -0.4 is 10.1 Å². The standard InChI is InChI=1S/C21H22F3NO2/c1-14(27-19-10-9-16-6-2-3-7-17(16)12-19)20(26)25-13-15-5-4-8-18(11-15)21(22,23)24/h4-5,8-12,14H,2-3,6-7,13H2,1H3,(H,25,26)/t14-/m1/s1. The van der Waals surface area contributed by atoms with E-state index in [9.17, 15) is 18.0 Å². The minimum absolute atomic E-state index is 0.0145. The Morgan fingerprint density at radius 3 is 2.59 bits per heavy atom. The zero-order valence-electron chi connectivity index (χ0n) is 15.1. The summed E-state index contributed by atoms with van der Waals surface area (Å²) in [6.45, 7) is 1.64. The van der Waals surface area contributed by atoms with Crippen molar-refractivity contribution >= 4 is 5.91 Å². The molecule has 27 heavy (non-hydrogen) atoms. The van der Waals surface area contributed by atoms with E-state index in [4.69, 9.17) is 4.74 Å². The molecule has 1 aliphatic rings. The highest BCUT2D eigenvalue weighted by Crippen LogP contribution is 2.29. The fourth-order valence-corrected chi connectivity index (χ4v) is 3.23. The van der Waals surface area contributed by atoms with E-state index >= 15 is 0 Å². The summed E-state index contributed by atoms with van der Waals surface area (Å²) in [5.74, 6) is 0.266. The van der Waals surface area contributed by atoms with Crippen LogP contribution in [0.1, 0.15) is 42.0 Å². The lowest BCUT2D eigenvalue weighted by molar-refractivity contribution is -0.137. The van der Waals surface area contributed by atoms with E-state index in [2.05, 4.69) is 5.32 Å². The molecule has 0 heterocycles. The van der Waals surface area contributed by atoms with Crippen LogP contribution in [0.2, 0.25) is 0 Å². The Kier molecular flexibility index (Phi) is 5.73. The number of rotatable bonds is 5. The van der Waals surface area contributed by atoms with E-state index in [0.29, 0.717) is 11.3 Å². The van der Waals surface area contributed by atoms with Crippen molar-refractivity contribution in [3.63, 3.8) is 0 Å². The highest BCUT2D eigenvalue weighted by molar-refractivity contribution is 5.80. The molecule has 0 spiro atoms. The van der Waals surface area contributed by atoms with E-state index in [1.165, 1.54) is 23.6 Å². The first-order chi connectivity index (χ1) is 12.8. The van der Waals surface area contributed by atoms with E-state index < -0.39 is 17.8 Å². The average molecular weight is 377 g/mol. The van der Waals surface area contributed by atoms with E-state index in [0.717, 1.165) is 31.4 Å². The molecule has 0 saturated carbocycles. The first kappa shape index (κ1) is 19.3. The molecule has 1 aliphatic carbocycles. The highest BCUT2D eigenvalue weighted by atomic mass is 19.4. The Hall–Kier alpha value is -2.50. The Labute approximate surface area is 156 Å². The zero-order valence-corrected chi connectivity index (χ0v) is 15.1. The number of carbonyl (C=O) groups is 1. The van der Waals surface area contributed by atoms with Crippen LogP contribution in [-0.4, -0.2) is 12.0 Å². The lowest BCUT2D eigenvalue weighted by atomic mass is 9.92. The Balaban J connectivity index is 1.57. The van der Waals surface area contributed by atoms with E-state index in [1.807, 2.05) is 18.2 Å². The van der Waals surface area contributed by atoms with Gasteiger partial charge in [-0.25, -0.2) is 0 Å². The van der Waals surface area contributed by atoms with Gasteiger partial charge >= 0.3 is 6.18 Å². The van der Waals surface area contributed by atoms with Gasteiger partial charge in [0.15, 0.2) is 6.10 Å². The Morgan fingerprint density at radius 1 is 1.11 bits per heavy atom. The van der Waals surface area contributed by atoms with Crippen molar-refractivity contribution in [2.75, 3.05) is 0 Å². The Bertz CT molecular complexity index is 817. The molecular weight excluding hydrogens is 355 g/mol. The molecule has 3 rings (SSSR count). The number of alkyl halides is 3. The number of halogens is 3. The van der Waals surface area contributed by atoms with Crippen molar-refractivity contribution in [2.45, 2.75) is 51.4 Å². The minimum atomic E-state index is -4.40. The fraction of sp³-hybridized carbons (Fsp3) is 0.381. The van der Waals surface area contributed by atoms with Crippen LogP contribution in [0.15, 0.2) is 42.5 Å². The van der Waals surface area contributed by atoms with Gasteiger partial charge in [-0.3, -0.25) is 4.79 Å². The molecule has 2 aromatic rings. The van der Waals surface area contributed by atoms with Crippen LogP contribution in [-0.2, 0) is 30.4 Å². The van der Waals surface area contributed by atoms with Crippen molar-refractivity contribution in [3.8, 4) is 5.75 Å². The predicted octanol–water partition coefficient (Wildman–Crippen LogP) is 4.67. The third kappa shape index (κ3) is 5.02. The van der Waals surface area contributed by atoms with Gasteiger partial charge in [-0.1, -0.05) is 18.2 Å². The van der Waals surface area contributed by atoms with Crippen molar-refractivity contribution in [2.24, 2.45) is 0 Å². The zero-order chi connectivity index (χ0) is 19.4. The molecule has 0 radical (unpaired) electrons. The third-order valence-electron chi connectivity index (χ3n) is 4.72. The van der Waals surface area contributed by atoms with Crippen LogP contribution in [0, 0.1) is 0 Å². The predicted molar refractivity (Wildman–Crippen MR) is 96.5 cm³/mol. The molecular formula is C21H22F3NO2. The van der Waals surface area contributed by atoms with Gasteiger partial charge in [0.25, 0.3) is 5.91 Å². The number of aryl methyl sites for hydroxylation is 2. The van der Waals surface area contributed by atoms with Crippen molar-refractivity contribution < 1.29 is 22.7 Å². The molecule has 0 bridgehead atoms. The van der Waals surface area contributed by atoms with Crippen LogP contribution in [0.4, 0.5) is 13.2 Å². The first-order valence-corrected chi connectivity index (χ1v) is 9.05. The third-order valence-corrected chi connectivity index (χ3v) is 4.72. The molecule has 0 unspecified atom stereocenters. The summed E-state index contributed by atoms with van der Waals surface area (Å²) in [4.78, 5) is 12.2. The van der Waals surface area contributed by atoms with Crippen LogP contribution >= 0.6 is 0 Å². The van der Waals surface area contributed by atoms with Crippen molar-refractivity contribution in [1.82, 2.24) is 5.32 Å². The van der Waals surface area contributed by atoms with E-state index in [-0.39, 0.29) is 12.5 Å². The fourth-order valence-electron chi connectivity index (χ4n) is 3.23. The molecule has 6 heteroatoms. The lowest BCUT2D eigenvalue weighted by Gasteiger charge is -2.19. The molecule has 3 nitrogen and oxygen atoms in total. The molecule has 0 aromatic heterocycles. The van der Waals surface area contributed by atoms with Crippen LogP contribution in [0.25, 0.3) is 0 Å². The molecule has 1 N–H and O–H groups in total. The Morgan fingerprint density at radius 2 is 1.85 bits per heavy atom. The van der Waals surface area contributed by atoms with Gasteiger partial charge in [0.05, 0.1) is 5.56 Å². The quantitative estimate of drug-likeness (QED) is 0.823. The van der Waals surface area contributed by atoms with Gasteiger partial charge in [-0.05, 0) is 73.6 Å². The molecule has 1 amide bonds. The number of amides is 1.